The highest BCUT2D eigenvalue weighted by atomic mass is 35.5. The molecule has 4 saturated carbocycles. The summed E-state index contributed by atoms with van der Waals surface area (Å²) in [5.74, 6) is 2.18. The molecule has 1 aromatic rings. The first-order valence-electron chi connectivity index (χ1n) is 11.4. The Morgan fingerprint density at radius 2 is 1.67 bits per heavy atom. The molecule has 1 amide bonds. The molecule has 30 heavy (non-hydrogen) atoms. The Hall–Kier alpha value is -1.11. The van der Waals surface area contributed by atoms with Gasteiger partial charge in [-0.2, -0.15) is 4.31 Å². The van der Waals surface area contributed by atoms with Crippen LogP contribution in [0.1, 0.15) is 68.6 Å². The van der Waals surface area contributed by atoms with Crippen molar-refractivity contribution in [2.45, 2.75) is 69.2 Å². The maximum atomic E-state index is 13.2. The van der Waals surface area contributed by atoms with E-state index in [2.05, 4.69) is 12.2 Å². The van der Waals surface area contributed by atoms with Crippen LogP contribution in [0, 0.1) is 23.2 Å². The molecule has 164 valence electrons. The molecule has 4 aliphatic carbocycles. The normalized spacial score (nSPS) is 34.3. The summed E-state index contributed by atoms with van der Waals surface area (Å²) in [5, 5.41) is 3.51. The summed E-state index contributed by atoms with van der Waals surface area (Å²) < 4.78 is 27.3. The number of benzene rings is 1. The molecule has 7 heteroatoms. The highest BCUT2D eigenvalue weighted by Gasteiger charge is 2.53. The molecule has 1 aromatic carbocycles. The van der Waals surface area contributed by atoms with Crippen LogP contribution < -0.4 is 5.32 Å². The zero-order valence-corrected chi connectivity index (χ0v) is 19.1. The van der Waals surface area contributed by atoms with Gasteiger partial charge in [0.25, 0.3) is 5.91 Å². The summed E-state index contributed by atoms with van der Waals surface area (Å²) in [4.78, 5) is 13.3. The Morgan fingerprint density at radius 3 is 2.23 bits per heavy atom. The van der Waals surface area contributed by atoms with Gasteiger partial charge in [-0.1, -0.05) is 11.6 Å². The van der Waals surface area contributed by atoms with Crippen LogP contribution in [-0.4, -0.2) is 37.8 Å². The number of nitrogens with one attached hydrogen (secondary N) is 1. The van der Waals surface area contributed by atoms with E-state index < -0.39 is 10.0 Å². The van der Waals surface area contributed by atoms with Crippen molar-refractivity contribution in [3.8, 4) is 0 Å². The monoisotopic (exact) mass is 450 g/mol. The number of amides is 1. The van der Waals surface area contributed by atoms with Crippen LogP contribution in [-0.2, 0) is 10.0 Å². The highest BCUT2D eigenvalue weighted by molar-refractivity contribution is 7.89. The topological polar surface area (TPSA) is 66.5 Å². The Kier molecular flexibility index (Phi) is 5.19. The Bertz CT molecular complexity index is 920. The molecule has 1 N–H and O–H groups in total. The predicted molar refractivity (Wildman–Crippen MR) is 117 cm³/mol. The number of hydrogen-bond acceptors (Lipinski definition) is 3. The molecule has 5 fully saturated rings. The van der Waals surface area contributed by atoms with Gasteiger partial charge in [0, 0.05) is 19.1 Å². The summed E-state index contributed by atoms with van der Waals surface area (Å²) in [6.07, 6.45) is 9.46. The molecular formula is C23H31ClN2O3S. The van der Waals surface area contributed by atoms with Gasteiger partial charge in [-0.25, -0.2) is 8.42 Å². The summed E-state index contributed by atoms with van der Waals surface area (Å²) in [7, 11) is -3.58. The predicted octanol–water partition coefficient (Wildman–Crippen LogP) is 4.46. The zero-order valence-electron chi connectivity index (χ0n) is 17.6. The van der Waals surface area contributed by atoms with Crippen molar-refractivity contribution < 1.29 is 13.2 Å². The van der Waals surface area contributed by atoms with E-state index in [-0.39, 0.29) is 27.8 Å². The van der Waals surface area contributed by atoms with E-state index in [0.717, 1.165) is 30.6 Å². The minimum Gasteiger partial charge on any atom is -0.349 e. The third-order valence-electron chi connectivity index (χ3n) is 8.24. The molecule has 1 aliphatic heterocycles. The molecule has 0 unspecified atom stereocenters. The number of rotatable bonds is 5. The molecule has 1 saturated heterocycles. The fraction of sp³-hybridized carbons (Fsp3) is 0.696. The first-order valence-corrected chi connectivity index (χ1v) is 13.2. The molecule has 5 nitrogen and oxygen atoms in total. The fourth-order valence-corrected chi connectivity index (χ4v) is 8.80. The maximum Gasteiger partial charge on any atom is 0.253 e. The van der Waals surface area contributed by atoms with Gasteiger partial charge >= 0.3 is 0 Å². The Morgan fingerprint density at radius 1 is 1.10 bits per heavy atom. The average molecular weight is 451 g/mol. The van der Waals surface area contributed by atoms with E-state index in [1.807, 2.05) is 0 Å². The van der Waals surface area contributed by atoms with Gasteiger partial charge in [0.2, 0.25) is 10.0 Å². The number of halogens is 1. The van der Waals surface area contributed by atoms with E-state index in [4.69, 9.17) is 11.6 Å². The lowest BCUT2D eigenvalue weighted by Gasteiger charge is -2.59. The second-order valence-electron chi connectivity index (χ2n) is 10.2. The first kappa shape index (κ1) is 20.8. The van der Waals surface area contributed by atoms with Gasteiger partial charge in [-0.3, -0.25) is 4.79 Å². The smallest absolute Gasteiger partial charge is 0.253 e. The van der Waals surface area contributed by atoms with Crippen molar-refractivity contribution in [1.29, 1.82) is 0 Å². The van der Waals surface area contributed by atoms with Crippen LogP contribution in [0.15, 0.2) is 23.1 Å². The number of carbonyl (C=O) groups is 1. The highest BCUT2D eigenvalue weighted by Crippen LogP contribution is 2.61. The van der Waals surface area contributed by atoms with Crippen molar-refractivity contribution in [3.05, 3.63) is 28.8 Å². The number of nitrogens with zero attached hydrogens (tertiary/aromatic N) is 1. The van der Waals surface area contributed by atoms with Crippen LogP contribution in [0.2, 0.25) is 5.02 Å². The lowest BCUT2D eigenvalue weighted by Crippen LogP contribution is -2.55. The Labute approximate surface area is 184 Å². The van der Waals surface area contributed by atoms with Crippen LogP contribution in [0.5, 0.6) is 0 Å². The number of sulfonamides is 1. The van der Waals surface area contributed by atoms with Gasteiger partial charge in [0.15, 0.2) is 0 Å². The van der Waals surface area contributed by atoms with E-state index in [1.54, 1.807) is 0 Å². The summed E-state index contributed by atoms with van der Waals surface area (Å²) >= 11 is 6.33. The largest absolute Gasteiger partial charge is 0.349 e. The lowest BCUT2D eigenvalue weighted by atomic mass is 9.48. The van der Waals surface area contributed by atoms with Gasteiger partial charge in [0.05, 0.1) is 15.5 Å². The van der Waals surface area contributed by atoms with E-state index in [0.29, 0.717) is 18.1 Å². The average Bonchev–Trinajstić information content (AvgIpc) is 3.22. The molecule has 0 radical (unpaired) electrons. The molecule has 5 aliphatic rings. The van der Waals surface area contributed by atoms with Gasteiger partial charge < -0.3 is 5.32 Å². The van der Waals surface area contributed by atoms with E-state index in [1.165, 1.54) is 61.0 Å². The molecule has 4 bridgehead atoms. The number of hydrogen-bond donors (Lipinski definition) is 1. The molecule has 0 aromatic heterocycles. The SMILES string of the molecule is C[C@@H](NC(=O)c1cc(S(=O)(=O)N2CCCC2)ccc1Cl)C12CC3CC(CC(C3)C1)C2. The number of carbonyl (C=O) groups excluding carboxylic acids is 1. The van der Waals surface area contributed by atoms with Crippen LogP contribution in [0.4, 0.5) is 0 Å². The van der Waals surface area contributed by atoms with Gasteiger partial charge in [0.1, 0.15) is 0 Å². The molecule has 1 atom stereocenters. The minimum atomic E-state index is -3.58. The summed E-state index contributed by atoms with van der Waals surface area (Å²) in [6.45, 7) is 3.20. The third kappa shape index (κ3) is 3.49. The lowest BCUT2D eigenvalue weighted by molar-refractivity contribution is -0.0688. The summed E-state index contributed by atoms with van der Waals surface area (Å²) in [6, 6.07) is 4.57. The van der Waals surface area contributed by atoms with E-state index in [9.17, 15) is 13.2 Å². The zero-order chi connectivity index (χ0) is 21.1. The van der Waals surface area contributed by atoms with Crippen molar-refractivity contribution in [2.24, 2.45) is 23.2 Å². The van der Waals surface area contributed by atoms with E-state index >= 15 is 0 Å². The minimum absolute atomic E-state index is 0.0633. The fourth-order valence-electron chi connectivity index (χ4n) is 7.05. The van der Waals surface area contributed by atoms with Crippen LogP contribution in [0.25, 0.3) is 0 Å². The third-order valence-corrected chi connectivity index (χ3v) is 10.5. The maximum absolute atomic E-state index is 13.2. The quantitative estimate of drug-likeness (QED) is 0.720. The van der Waals surface area contributed by atoms with Gasteiger partial charge in [-0.15, -0.1) is 0 Å². The molecular weight excluding hydrogens is 420 g/mol. The van der Waals surface area contributed by atoms with Crippen LogP contribution in [0.3, 0.4) is 0 Å². The van der Waals surface area contributed by atoms with Gasteiger partial charge in [-0.05, 0) is 99.7 Å². The van der Waals surface area contributed by atoms with Crippen LogP contribution >= 0.6 is 11.6 Å². The second-order valence-corrected chi connectivity index (χ2v) is 12.6. The van der Waals surface area contributed by atoms with Crippen molar-refractivity contribution in [1.82, 2.24) is 9.62 Å². The molecule has 6 rings (SSSR count). The van der Waals surface area contributed by atoms with Crippen molar-refractivity contribution >= 4 is 27.5 Å². The van der Waals surface area contributed by atoms with Crippen molar-refractivity contribution in [2.75, 3.05) is 13.1 Å². The molecule has 0 spiro atoms. The molecule has 1 heterocycles. The standard InChI is InChI=1S/C23H31ClN2O3S/c1-15(23-12-16-8-17(13-23)10-18(9-16)14-23)25-22(27)20-11-19(4-5-21(20)24)30(28,29)26-6-2-3-7-26/h4-5,11,15-18H,2-3,6-10,12-14H2,1H3,(H,25,27)/t15-,16?,17?,18?,23?/m1/s1. The first-order chi connectivity index (χ1) is 14.3. The Balaban J connectivity index is 1.36. The summed E-state index contributed by atoms with van der Waals surface area (Å²) in [5.41, 5.74) is 0.448. The second kappa shape index (κ2) is 7.49. The van der Waals surface area contributed by atoms with Crippen molar-refractivity contribution in [3.63, 3.8) is 0 Å².